The lowest BCUT2D eigenvalue weighted by molar-refractivity contribution is -0.143. The molecular formula is C13H26N2O4. The highest BCUT2D eigenvalue weighted by molar-refractivity contribution is 5.72. The van der Waals surface area contributed by atoms with Crippen molar-refractivity contribution in [1.29, 1.82) is 0 Å². The lowest BCUT2D eigenvalue weighted by Gasteiger charge is -2.28. The first-order valence-electron chi connectivity index (χ1n) is 6.54. The van der Waals surface area contributed by atoms with E-state index in [-0.39, 0.29) is 25.0 Å². The van der Waals surface area contributed by atoms with Gasteiger partial charge < -0.3 is 20.1 Å². The second kappa shape index (κ2) is 7.99. The van der Waals surface area contributed by atoms with Gasteiger partial charge >= 0.3 is 12.1 Å². The van der Waals surface area contributed by atoms with Crippen molar-refractivity contribution in [3.05, 3.63) is 0 Å². The van der Waals surface area contributed by atoms with Crippen LogP contribution in [0.4, 0.5) is 4.79 Å². The van der Waals surface area contributed by atoms with Crippen molar-refractivity contribution in [3.8, 4) is 0 Å². The molecule has 0 fully saturated rings. The van der Waals surface area contributed by atoms with Crippen molar-refractivity contribution in [2.75, 3.05) is 19.7 Å². The molecule has 0 aliphatic rings. The summed E-state index contributed by atoms with van der Waals surface area (Å²) in [5.41, 5.74) is 5.12. The maximum atomic E-state index is 12.0. The third-order valence-electron chi connectivity index (χ3n) is 2.05. The summed E-state index contributed by atoms with van der Waals surface area (Å²) in [4.78, 5) is 24.7. The van der Waals surface area contributed by atoms with E-state index in [0.29, 0.717) is 13.2 Å². The monoisotopic (exact) mass is 274 g/mol. The predicted octanol–water partition coefficient (Wildman–Crippen LogP) is 1.52. The lowest BCUT2D eigenvalue weighted by atomic mass is 10.2. The maximum Gasteiger partial charge on any atom is 0.410 e. The predicted molar refractivity (Wildman–Crippen MR) is 72.7 cm³/mol. The number of rotatable bonds is 6. The Kier molecular flexibility index (Phi) is 7.44. The Morgan fingerprint density at radius 3 is 2.32 bits per heavy atom. The van der Waals surface area contributed by atoms with Gasteiger partial charge in [0.05, 0.1) is 13.0 Å². The third-order valence-corrected chi connectivity index (χ3v) is 2.05. The summed E-state index contributed by atoms with van der Waals surface area (Å²) >= 11 is 0. The summed E-state index contributed by atoms with van der Waals surface area (Å²) in [6.45, 7) is 9.83. The largest absolute Gasteiger partial charge is 0.466 e. The van der Waals surface area contributed by atoms with Gasteiger partial charge in [-0.1, -0.05) is 0 Å². The number of hydrogen-bond acceptors (Lipinski definition) is 5. The number of nitrogens with two attached hydrogens (primary N) is 1. The van der Waals surface area contributed by atoms with Gasteiger partial charge in [0.25, 0.3) is 0 Å². The number of carbonyl (C=O) groups is 2. The van der Waals surface area contributed by atoms with Gasteiger partial charge in [0.2, 0.25) is 0 Å². The fraction of sp³-hybridized carbons (Fsp3) is 0.846. The van der Waals surface area contributed by atoms with Crippen LogP contribution < -0.4 is 5.73 Å². The van der Waals surface area contributed by atoms with Crippen LogP contribution in [0.3, 0.4) is 0 Å². The number of carbonyl (C=O) groups excluding carboxylic acids is 2. The van der Waals surface area contributed by atoms with Crippen LogP contribution >= 0.6 is 0 Å². The van der Waals surface area contributed by atoms with Crippen LogP contribution in [0.15, 0.2) is 0 Å². The molecule has 1 atom stereocenters. The van der Waals surface area contributed by atoms with Crippen LogP contribution in [0.5, 0.6) is 0 Å². The molecule has 0 aliphatic heterocycles. The fourth-order valence-electron chi connectivity index (χ4n) is 1.39. The Bertz CT molecular complexity index is 298. The average molecular weight is 274 g/mol. The molecule has 0 unspecified atom stereocenters. The molecule has 0 saturated carbocycles. The smallest absolute Gasteiger partial charge is 0.410 e. The first-order valence-corrected chi connectivity index (χ1v) is 6.54. The zero-order valence-electron chi connectivity index (χ0n) is 12.6. The minimum absolute atomic E-state index is 0.139. The third kappa shape index (κ3) is 9.30. The fourth-order valence-corrected chi connectivity index (χ4v) is 1.39. The summed E-state index contributed by atoms with van der Waals surface area (Å²) in [5.74, 6) is -0.333. The van der Waals surface area contributed by atoms with E-state index in [4.69, 9.17) is 15.2 Å². The molecule has 0 aromatic rings. The molecule has 0 spiro atoms. The van der Waals surface area contributed by atoms with E-state index in [1.807, 2.05) is 0 Å². The highest BCUT2D eigenvalue weighted by Gasteiger charge is 2.23. The normalized spacial score (nSPS) is 12.7. The van der Waals surface area contributed by atoms with Crippen LogP contribution in [0.2, 0.25) is 0 Å². The van der Waals surface area contributed by atoms with Crippen molar-refractivity contribution >= 4 is 12.1 Å². The number of nitrogens with zero attached hydrogens (tertiary/aromatic N) is 1. The topological polar surface area (TPSA) is 81.9 Å². The molecule has 19 heavy (non-hydrogen) atoms. The zero-order valence-corrected chi connectivity index (χ0v) is 12.6. The van der Waals surface area contributed by atoms with Crippen LogP contribution in [0.1, 0.15) is 41.0 Å². The van der Waals surface area contributed by atoms with E-state index >= 15 is 0 Å². The van der Waals surface area contributed by atoms with Crippen LogP contribution in [0, 0.1) is 0 Å². The first-order chi connectivity index (χ1) is 8.65. The standard InChI is InChI=1S/C13H26N2O4/c1-6-18-11(16)7-8-15(9-10(2)14)12(17)19-13(3,4)5/h10H,6-9,14H2,1-5H3/t10-/m1/s1. The second-order valence-electron chi connectivity index (χ2n) is 5.46. The summed E-state index contributed by atoms with van der Waals surface area (Å²) in [5, 5.41) is 0. The van der Waals surface area contributed by atoms with Crippen LogP contribution in [-0.2, 0) is 14.3 Å². The van der Waals surface area contributed by atoms with Crippen molar-refractivity contribution in [3.63, 3.8) is 0 Å². The Morgan fingerprint density at radius 2 is 1.89 bits per heavy atom. The molecule has 0 aromatic heterocycles. The highest BCUT2D eigenvalue weighted by atomic mass is 16.6. The van der Waals surface area contributed by atoms with Crippen molar-refractivity contribution < 1.29 is 19.1 Å². The molecule has 112 valence electrons. The van der Waals surface area contributed by atoms with E-state index in [0.717, 1.165) is 0 Å². The SMILES string of the molecule is CCOC(=O)CCN(C[C@@H](C)N)C(=O)OC(C)(C)C. The van der Waals surface area contributed by atoms with Crippen LogP contribution in [-0.4, -0.2) is 48.3 Å². The number of ether oxygens (including phenoxy) is 2. The van der Waals surface area contributed by atoms with Crippen molar-refractivity contribution in [1.82, 2.24) is 4.90 Å². The van der Waals surface area contributed by atoms with Crippen molar-refractivity contribution in [2.45, 2.75) is 52.7 Å². The molecule has 6 nitrogen and oxygen atoms in total. The Morgan fingerprint density at radius 1 is 1.32 bits per heavy atom. The van der Waals surface area contributed by atoms with E-state index < -0.39 is 11.7 Å². The Hall–Kier alpha value is -1.30. The Labute approximate surface area is 115 Å². The Balaban J connectivity index is 4.45. The van der Waals surface area contributed by atoms with E-state index in [1.54, 1.807) is 34.6 Å². The summed E-state index contributed by atoms with van der Waals surface area (Å²) in [6.07, 6.45) is -0.325. The maximum absolute atomic E-state index is 12.0. The van der Waals surface area contributed by atoms with Gasteiger partial charge in [-0.25, -0.2) is 4.79 Å². The number of esters is 1. The molecular weight excluding hydrogens is 248 g/mol. The summed E-state index contributed by atoms with van der Waals surface area (Å²) in [6, 6.07) is -0.185. The minimum atomic E-state index is -0.572. The summed E-state index contributed by atoms with van der Waals surface area (Å²) in [7, 11) is 0. The second-order valence-corrected chi connectivity index (χ2v) is 5.46. The molecule has 1 amide bonds. The molecule has 0 aliphatic carbocycles. The molecule has 2 N–H and O–H groups in total. The van der Waals surface area contributed by atoms with Crippen LogP contribution in [0.25, 0.3) is 0 Å². The molecule has 6 heteroatoms. The molecule has 0 saturated heterocycles. The number of amides is 1. The molecule has 0 bridgehead atoms. The van der Waals surface area contributed by atoms with Gasteiger partial charge in [0.1, 0.15) is 5.60 Å². The van der Waals surface area contributed by atoms with Gasteiger partial charge in [-0.3, -0.25) is 4.79 Å². The number of hydrogen-bond donors (Lipinski definition) is 1. The first kappa shape index (κ1) is 17.7. The van der Waals surface area contributed by atoms with Gasteiger partial charge in [-0.2, -0.15) is 0 Å². The molecule has 0 heterocycles. The molecule has 0 radical (unpaired) electrons. The quantitative estimate of drug-likeness (QED) is 0.743. The van der Waals surface area contributed by atoms with Gasteiger partial charge in [-0.05, 0) is 34.6 Å². The highest BCUT2D eigenvalue weighted by Crippen LogP contribution is 2.10. The van der Waals surface area contributed by atoms with E-state index in [9.17, 15) is 9.59 Å². The van der Waals surface area contributed by atoms with Gasteiger partial charge in [0, 0.05) is 19.1 Å². The van der Waals surface area contributed by atoms with Gasteiger partial charge in [-0.15, -0.1) is 0 Å². The lowest BCUT2D eigenvalue weighted by Crippen LogP contribution is -2.43. The summed E-state index contributed by atoms with van der Waals surface area (Å²) < 4.78 is 10.1. The molecule has 0 aromatic carbocycles. The van der Waals surface area contributed by atoms with Crippen molar-refractivity contribution in [2.24, 2.45) is 5.73 Å². The van der Waals surface area contributed by atoms with E-state index in [1.165, 1.54) is 4.90 Å². The average Bonchev–Trinajstić information content (AvgIpc) is 2.21. The minimum Gasteiger partial charge on any atom is -0.466 e. The zero-order chi connectivity index (χ0) is 15.1. The van der Waals surface area contributed by atoms with Gasteiger partial charge in [0.15, 0.2) is 0 Å². The molecule has 0 rings (SSSR count). The van der Waals surface area contributed by atoms with E-state index in [2.05, 4.69) is 0 Å².